The van der Waals surface area contributed by atoms with Crippen LogP contribution in [0.1, 0.15) is 495 Å². The van der Waals surface area contributed by atoms with E-state index in [0.717, 1.165) is 44.9 Å². The second kappa shape index (κ2) is 84.5. The van der Waals surface area contributed by atoms with Crippen LogP contribution in [0.25, 0.3) is 0 Å². The first-order valence-corrected chi connectivity index (χ1v) is 43.8. The summed E-state index contributed by atoms with van der Waals surface area (Å²) in [7, 11) is 0. The Balaban J connectivity index is 3.37. The quantitative estimate of drug-likeness (QED) is 0.0320. The SMILES string of the molecule is CCCCCCCCCCCCCCCCCCCCCCC/C=C/C(O)C(CO)NC(=O)CCCCCCCCCCCCCCCCCCC/C=C\C/C=C\CCCCCCCCCCCCCCCCCOC(=O)CCCCCCCCCCCCCCCCCC. The first kappa shape index (κ1) is 93.1. The summed E-state index contributed by atoms with van der Waals surface area (Å²) in [6, 6.07) is -0.627. The molecule has 0 spiro atoms. The third kappa shape index (κ3) is 80.9. The summed E-state index contributed by atoms with van der Waals surface area (Å²) in [4.78, 5) is 24.7. The van der Waals surface area contributed by atoms with Gasteiger partial charge in [-0.3, -0.25) is 9.59 Å². The van der Waals surface area contributed by atoms with Crippen molar-refractivity contribution in [3.05, 3.63) is 36.5 Å². The van der Waals surface area contributed by atoms with Gasteiger partial charge in [0.1, 0.15) is 0 Å². The monoisotopic (exact) mass is 1330 g/mol. The lowest BCUT2D eigenvalue weighted by Gasteiger charge is -2.20. The highest BCUT2D eigenvalue weighted by Crippen LogP contribution is 2.21. The molecule has 0 aliphatic rings. The molecule has 0 aromatic rings. The van der Waals surface area contributed by atoms with Crippen LogP contribution in [0, 0.1) is 0 Å². The predicted octanol–water partition coefficient (Wildman–Crippen LogP) is 29.3. The fourth-order valence-corrected chi connectivity index (χ4v) is 14.0. The van der Waals surface area contributed by atoms with E-state index in [1.807, 2.05) is 6.08 Å². The minimum Gasteiger partial charge on any atom is -0.466 e. The Hall–Kier alpha value is -1.92. The molecule has 0 saturated heterocycles. The number of esters is 1. The highest BCUT2D eigenvalue weighted by Gasteiger charge is 2.18. The van der Waals surface area contributed by atoms with Crippen molar-refractivity contribution in [1.29, 1.82) is 0 Å². The molecule has 2 atom stereocenters. The van der Waals surface area contributed by atoms with E-state index in [2.05, 4.69) is 43.5 Å². The molecule has 0 radical (unpaired) electrons. The molecule has 562 valence electrons. The van der Waals surface area contributed by atoms with Crippen molar-refractivity contribution in [2.45, 2.75) is 508 Å². The molecule has 0 aromatic heterocycles. The lowest BCUT2D eigenvalue weighted by Crippen LogP contribution is -2.45. The summed E-state index contributed by atoms with van der Waals surface area (Å²) in [5.41, 5.74) is 0. The van der Waals surface area contributed by atoms with E-state index in [0.29, 0.717) is 19.4 Å². The molecule has 6 heteroatoms. The summed E-state index contributed by atoms with van der Waals surface area (Å²) in [6.45, 7) is 4.97. The minimum atomic E-state index is -0.844. The van der Waals surface area contributed by atoms with Gasteiger partial charge >= 0.3 is 5.97 Å². The molecule has 0 rings (SSSR count). The van der Waals surface area contributed by atoms with E-state index in [1.54, 1.807) is 6.08 Å². The Bertz CT molecular complexity index is 1540. The molecular formula is C89H171NO5. The molecule has 0 aliphatic carbocycles. The summed E-state index contributed by atoms with van der Waals surface area (Å²) in [6.07, 6.45) is 112. The van der Waals surface area contributed by atoms with Gasteiger partial charge in [-0.05, 0) is 64.2 Å². The minimum absolute atomic E-state index is 0.0246. The molecule has 6 nitrogen and oxygen atoms in total. The second-order valence-corrected chi connectivity index (χ2v) is 30.2. The van der Waals surface area contributed by atoms with Gasteiger partial charge in [0.2, 0.25) is 5.91 Å². The normalized spacial score (nSPS) is 12.6. The van der Waals surface area contributed by atoms with Crippen LogP contribution >= 0.6 is 0 Å². The summed E-state index contributed by atoms with van der Waals surface area (Å²) in [5.74, 6) is -0.0350. The molecule has 2 unspecified atom stereocenters. The van der Waals surface area contributed by atoms with Crippen molar-refractivity contribution in [2.24, 2.45) is 0 Å². The first-order valence-electron chi connectivity index (χ1n) is 43.8. The third-order valence-corrected chi connectivity index (χ3v) is 20.7. The number of carbonyl (C=O) groups excluding carboxylic acids is 2. The number of aliphatic hydroxyl groups is 2. The Kier molecular flexibility index (Phi) is 82.8. The molecule has 0 aromatic carbocycles. The summed E-state index contributed by atoms with van der Waals surface area (Å²) in [5, 5.41) is 23.3. The van der Waals surface area contributed by atoms with Crippen molar-refractivity contribution < 1.29 is 24.5 Å². The van der Waals surface area contributed by atoms with Gasteiger partial charge in [-0.1, -0.05) is 455 Å². The molecule has 3 N–H and O–H groups in total. The standard InChI is InChI=1S/C89H171NO5/c1-3-5-7-9-11-13-15-17-19-21-22-23-41-44-47-50-53-57-61-65-69-73-77-81-87(92)86(85-91)90-88(93)82-78-74-70-66-62-58-54-51-48-45-42-39-37-35-33-31-29-27-25-24-26-28-30-32-34-36-38-40-43-46-49-52-56-60-64-68-72-76-80-84-95-89(94)83-79-75-71-67-63-59-55-20-18-16-14-12-10-8-6-4-2/h24-25,28,30,77,81,86-87,91-92H,3-23,26-27,29,31-76,78-80,82-85H2,1-2H3,(H,90,93)/b25-24-,30-28-,81-77+. The Morgan fingerprint density at radius 2 is 0.526 bits per heavy atom. The van der Waals surface area contributed by atoms with Crippen LogP contribution in [-0.2, 0) is 14.3 Å². The number of nitrogens with one attached hydrogen (secondary N) is 1. The number of ether oxygens (including phenoxy) is 1. The number of allylic oxidation sites excluding steroid dienone is 5. The number of amides is 1. The zero-order valence-corrected chi connectivity index (χ0v) is 64.7. The maximum absolute atomic E-state index is 12.6. The molecular weight excluding hydrogens is 1160 g/mol. The third-order valence-electron chi connectivity index (χ3n) is 20.7. The number of hydrogen-bond acceptors (Lipinski definition) is 5. The van der Waals surface area contributed by atoms with Crippen LogP contribution in [0.5, 0.6) is 0 Å². The van der Waals surface area contributed by atoms with Gasteiger partial charge in [0.05, 0.1) is 25.4 Å². The average molecular weight is 1340 g/mol. The highest BCUT2D eigenvalue weighted by molar-refractivity contribution is 5.76. The molecule has 0 bridgehead atoms. The van der Waals surface area contributed by atoms with E-state index < -0.39 is 12.1 Å². The van der Waals surface area contributed by atoms with Gasteiger partial charge in [0, 0.05) is 12.8 Å². The number of hydrogen-bond donors (Lipinski definition) is 3. The lowest BCUT2D eigenvalue weighted by molar-refractivity contribution is -0.143. The zero-order chi connectivity index (χ0) is 68.4. The topological polar surface area (TPSA) is 95.9 Å². The van der Waals surface area contributed by atoms with E-state index in [-0.39, 0.29) is 18.5 Å². The van der Waals surface area contributed by atoms with Crippen LogP contribution in [0.4, 0.5) is 0 Å². The fraction of sp³-hybridized carbons (Fsp3) is 0.910. The maximum atomic E-state index is 12.6. The van der Waals surface area contributed by atoms with Crippen LogP contribution in [0.15, 0.2) is 36.5 Å². The molecule has 1 amide bonds. The van der Waals surface area contributed by atoms with Crippen molar-refractivity contribution in [3.63, 3.8) is 0 Å². The number of rotatable bonds is 83. The number of unbranched alkanes of at least 4 members (excludes halogenated alkanes) is 68. The van der Waals surface area contributed by atoms with Crippen molar-refractivity contribution in [3.8, 4) is 0 Å². The molecule has 0 saturated carbocycles. The summed E-state index contributed by atoms with van der Waals surface area (Å²) < 4.78 is 5.51. The van der Waals surface area contributed by atoms with E-state index >= 15 is 0 Å². The van der Waals surface area contributed by atoms with E-state index in [4.69, 9.17) is 4.74 Å². The second-order valence-electron chi connectivity index (χ2n) is 30.2. The van der Waals surface area contributed by atoms with E-state index in [9.17, 15) is 19.8 Å². The molecule has 0 heterocycles. The van der Waals surface area contributed by atoms with Gasteiger partial charge in [-0.15, -0.1) is 0 Å². The molecule has 0 aliphatic heterocycles. The Labute approximate surface area is 595 Å². The van der Waals surface area contributed by atoms with Gasteiger partial charge in [0.15, 0.2) is 0 Å². The van der Waals surface area contributed by atoms with Crippen LogP contribution in [0.3, 0.4) is 0 Å². The number of aliphatic hydroxyl groups excluding tert-OH is 2. The van der Waals surface area contributed by atoms with Crippen LogP contribution in [0.2, 0.25) is 0 Å². The van der Waals surface area contributed by atoms with Gasteiger partial charge in [-0.2, -0.15) is 0 Å². The zero-order valence-electron chi connectivity index (χ0n) is 64.7. The Morgan fingerprint density at radius 3 is 0.800 bits per heavy atom. The van der Waals surface area contributed by atoms with Gasteiger partial charge < -0.3 is 20.3 Å². The number of carbonyl (C=O) groups is 2. The molecule has 0 fully saturated rings. The maximum Gasteiger partial charge on any atom is 0.305 e. The lowest BCUT2D eigenvalue weighted by atomic mass is 10.0. The fourth-order valence-electron chi connectivity index (χ4n) is 14.0. The van der Waals surface area contributed by atoms with Crippen LogP contribution in [-0.4, -0.2) is 47.4 Å². The first-order chi connectivity index (χ1) is 47.0. The summed E-state index contributed by atoms with van der Waals surface area (Å²) >= 11 is 0. The van der Waals surface area contributed by atoms with Crippen LogP contribution < -0.4 is 5.32 Å². The van der Waals surface area contributed by atoms with Crippen molar-refractivity contribution in [2.75, 3.05) is 13.2 Å². The largest absolute Gasteiger partial charge is 0.466 e. The highest BCUT2D eigenvalue weighted by atomic mass is 16.5. The van der Waals surface area contributed by atoms with Gasteiger partial charge in [0.25, 0.3) is 0 Å². The Morgan fingerprint density at radius 1 is 0.295 bits per heavy atom. The smallest absolute Gasteiger partial charge is 0.305 e. The van der Waals surface area contributed by atoms with Crippen molar-refractivity contribution in [1.82, 2.24) is 5.32 Å². The average Bonchev–Trinajstić information content (AvgIpc) is 2.65. The van der Waals surface area contributed by atoms with E-state index in [1.165, 1.54) is 424 Å². The predicted molar refractivity (Wildman–Crippen MR) is 421 cm³/mol. The van der Waals surface area contributed by atoms with Crippen molar-refractivity contribution >= 4 is 11.9 Å². The molecule has 95 heavy (non-hydrogen) atoms. The van der Waals surface area contributed by atoms with Gasteiger partial charge in [-0.25, -0.2) is 0 Å².